The lowest BCUT2D eigenvalue weighted by atomic mass is 10.1. The fourth-order valence-electron chi connectivity index (χ4n) is 2.02. The van der Waals surface area contributed by atoms with Gasteiger partial charge in [-0.3, -0.25) is 5.43 Å². The van der Waals surface area contributed by atoms with Gasteiger partial charge < -0.3 is 4.74 Å². The zero-order valence-corrected chi connectivity index (χ0v) is 13.9. The number of ether oxygens (including phenoxy) is 1. The van der Waals surface area contributed by atoms with Crippen LogP contribution in [0, 0.1) is 12.7 Å². The van der Waals surface area contributed by atoms with Crippen molar-refractivity contribution in [3.63, 3.8) is 0 Å². The van der Waals surface area contributed by atoms with Crippen molar-refractivity contribution in [2.45, 2.75) is 13.5 Å². The zero-order valence-electron chi connectivity index (χ0n) is 12.3. The van der Waals surface area contributed by atoms with Crippen molar-refractivity contribution in [2.24, 2.45) is 11.7 Å². The Labute approximate surface area is 141 Å². The van der Waals surface area contributed by atoms with Crippen molar-refractivity contribution < 1.29 is 13.9 Å². The first-order valence-electron chi connectivity index (χ1n) is 6.66. The lowest BCUT2D eigenvalue weighted by molar-refractivity contribution is 0.246. The lowest BCUT2D eigenvalue weighted by Gasteiger charge is -2.21. The van der Waals surface area contributed by atoms with Gasteiger partial charge in [-0.25, -0.2) is 25.9 Å². The monoisotopic (exact) mass is 382 g/mol. The van der Waals surface area contributed by atoms with E-state index < -0.39 is 11.8 Å². The molecule has 0 saturated heterocycles. The number of carbonyl (C=O) groups is 1. The molecule has 0 heterocycles. The summed E-state index contributed by atoms with van der Waals surface area (Å²) >= 11 is 3.10. The molecule has 0 aliphatic rings. The van der Waals surface area contributed by atoms with E-state index in [0.717, 1.165) is 10.6 Å². The first kappa shape index (κ1) is 17.2. The molecule has 0 radical (unpaired) electrons. The number of rotatable bonds is 4. The van der Waals surface area contributed by atoms with Crippen molar-refractivity contribution in [3.8, 4) is 5.75 Å². The fraction of sp³-hybridized carbons (Fsp3) is 0.133. The highest BCUT2D eigenvalue weighted by molar-refractivity contribution is 9.10. The molecule has 6 nitrogen and oxygen atoms in total. The molecule has 0 aliphatic carbocycles. The molecule has 0 aliphatic heterocycles. The van der Waals surface area contributed by atoms with Gasteiger partial charge in [-0.1, -0.05) is 18.2 Å². The Balaban J connectivity index is 2.29. The van der Waals surface area contributed by atoms with Gasteiger partial charge in [0.25, 0.3) is 0 Å². The molecule has 0 atom stereocenters. The average molecular weight is 383 g/mol. The van der Waals surface area contributed by atoms with Gasteiger partial charge in [0, 0.05) is 5.56 Å². The quantitative estimate of drug-likeness (QED) is 0.430. The van der Waals surface area contributed by atoms with Gasteiger partial charge in [-0.2, -0.15) is 0 Å². The maximum absolute atomic E-state index is 14.0. The largest absolute Gasteiger partial charge is 0.486 e. The zero-order chi connectivity index (χ0) is 17.0. The molecule has 2 aromatic carbocycles. The van der Waals surface area contributed by atoms with E-state index >= 15 is 0 Å². The molecule has 23 heavy (non-hydrogen) atoms. The number of halogens is 2. The number of anilines is 1. The molecule has 0 spiro atoms. The molecule has 2 aromatic rings. The highest BCUT2D eigenvalue weighted by atomic mass is 79.9. The number of carbonyl (C=O) groups excluding carboxylic acids is 1. The second-order valence-electron chi connectivity index (χ2n) is 4.73. The fourth-order valence-corrected chi connectivity index (χ4v) is 2.37. The Hall–Kier alpha value is -2.16. The standard InChI is InChI=1S/C15H16BrFN4O2/c1-9-4-2-6-12(21(19)15(22)20-18)10(9)8-23-13-7-3-5-11(16)14(13)17/h2-7H,8,18-19H2,1H3,(H,20,22). The van der Waals surface area contributed by atoms with Crippen LogP contribution in [0.4, 0.5) is 14.9 Å². The molecule has 0 bridgehead atoms. The number of amides is 2. The van der Waals surface area contributed by atoms with E-state index in [-0.39, 0.29) is 12.4 Å². The van der Waals surface area contributed by atoms with Crippen LogP contribution in [0.3, 0.4) is 0 Å². The Morgan fingerprint density at radius 1 is 1.35 bits per heavy atom. The minimum absolute atomic E-state index is 0.0426. The number of aryl methyl sites for hydroxylation is 1. The van der Waals surface area contributed by atoms with Crippen LogP contribution in [0.1, 0.15) is 11.1 Å². The number of urea groups is 1. The first-order chi connectivity index (χ1) is 11.0. The minimum Gasteiger partial charge on any atom is -0.486 e. The SMILES string of the molecule is Cc1cccc(N(N)C(=O)NN)c1COc1cccc(Br)c1F. The van der Waals surface area contributed by atoms with Crippen LogP contribution in [-0.4, -0.2) is 6.03 Å². The summed E-state index contributed by atoms with van der Waals surface area (Å²) in [6, 6.07) is 9.33. The van der Waals surface area contributed by atoms with Crippen LogP contribution in [-0.2, 0) is 6.61 Å². The van der Waals surface area contributed by atoms with E-state index in [1.54, 1.807) is 24.3 Å². The van der Waals surface area contributed by atoms with E-state index in [4.69, 9.17) is 16.4 Å². The number of nitrogens with two attached hydrogens (primary N) is 2. The summed E-state index contributed by atoms with van der Waals surface area (Å²) in [4.78, 5) is 11.6. The molecular formula is C15H16BrFN4O2. The Kier molecular flexibility index (Phi) is 5.54. The van der Waals surface area contributed by atoms with Crippen molar-refractivity contribution in [3.05, 3.63) is 57.8 Å². The number of benzene rings is 2. The molecule has 0 saturated carbocycles. The van der Waals surface area contributed by atoms with Crippen LogP contribution in [0.2, 0.25) is 0 Å². The number of hydrazine groups is 2. The summed E-state index contributed by atoms with van der Waals surface area (Å²) in [6.45, 7) is 1.88. The number of nitrogens with one attached hydrogen (secondary N) is 1. The summed E-state index contributed by atoms with van der Waals surface area (Å²) < 4.78 is 19.8. The average Bonchev–Trinajstić information content (AvgIpc) is 2.55. The highest BCUT2D eigenvalue weighted by Crippen LogP contribution is 2.28. The van der Waals surface area contributed by atoms with Gasteiger partial charge in [-0.05, 0) is 46.6 Å². The van der Waals surface area contributed by atoms with Crippen LogP contribution >= 0.6 is 15.9 Å². The van der Waals surface area contributed by atoms with Crippen LogP contribution < -0.4 is 26.9 Å². The third kappa shape index (κ3) is 3.79. The van der Waals surface area contributed by atoms with E-state index in [2.05, 4.69) is 15.9 Å². The van der Waals surface area contributed by atoms with Crippen molar-refractivity contribution >= 4 is 27.6 Å². The molecule has 2 rings (SSSR count). The van der Waals surface area contributed by atoms with E-state index in [9.17, 15) is 9.18 Å². The van der Waals surface area contributed by atoms with Gasteiger partial charge in [0.15, 0.2) is 11.6 Å². The van der Waals surface area contributed by atoms with Crippen LogP contribution in [0.25, 0.3) is 0 Å². The molecular weight excluding hydrogens is 367 g/mol. The van der Waals surface area contributed by atoms with Gasteiger partial charge in [0.05, 0.1) is 10.2 Å². The Morgan fingerprint density at radius 2 is 2.04 bits per heavy atom. The molecule has 0 fully saturated rings. The van der Waals surface area contributed by atoms with E-state index in [0.29, 0.717) is 15.7 Å². The van der Waals surface area contributed by atoms with Gasteiger partial charge in [0.1, 0.15) is 6.61 Å². The topological polar surface area (TPSA) is 93.6 Å². The highest BCUT2D eigenvalue weighted by Gasteiger charge is 2.17. The van der Waals surface area contributed by atoms with Crippen molar-refractivity contribution in [1.82, 2.24) is 5.43 Å². The predicted octanol–water partition coefficient (Wildman–Crippen LogP) is 2.74. The smallest absolute Gasteiger partial charge is 0.350 e. The normalized spacial score (nSPS) is 10.3. The minimum atomic E-state index is -0.675. The molecule has 5 N–H and O–H groups in total. The van der Waals surface area contributed by atoms with Crippen molar-refractivity contribution in [2.75, 3.05) is 5.01 Å². The molecule has 2 amide bonds. The maximum atomic E-state index is 14.0. The van der Waals surface area contributed by atoms with Gasteiger partial charge in [-0.15, -0.1) is 0 Å². The van der Waals surface area contributed by atoms with Crippen molar-refractivity contribution in [1.29, 1.82) is 0 Å². The summed E-state index contributed by atoms with van der Waals surface area (Å²) in [6.07, 6.45) is 0. The number of nitrogens with zero attached hydrogens (tertiary/aromatic N) is 1. The van der Waals surface area contributed by atoms with E-state index in [1.165, 1.54) is 6.07 Å². The van der Waals surface area contributed by atoms with Gasteiger partial charge >= 0.3 is 6.03 Å². The number of hydrogen-bond donors (Lipinski definition) is 3. The second kappa shape index (κ2) is 7.40. The second-order valence-corrected chi connectivity index (χ2v) is 5.59. The van der Waals surface area contributed by atoms with Gasteiger partial charge in [0.2, 0.25) is 0 Å². The Bertz CT molecular complexity index is 727. The molecule has 0 unspecified atom stereocenters. The van der Waals surface area contributed by atoms with E-state index in [1.807, 2.05) is 18.4 Å². The number of hydrogen-bond acceptors (Lipinski definition) is 4. The summed E-state index contributed by atoms with van der Waals surface area (Å²) in [5.41, 5.74) is 3.87. The molecule has 8 heteroatoms. The van der Waals surface area contributed by atoms with Crippen LogP contribution in [0.5, 0.6) is 5.75 Å². The summed E-state index contributed by atoms with van der Waals surface area (Å²) in [5.74, 6) is 10.4. The third-order valence-electron chi connectivity index (χ3n) is 3.28. The first-order valence-corrected chi connectivity index (χ1v) is 7.45. The van der Waals surface area contributed by atoms with Crippen LogP contribution in [0.15, 0.2) is 40.9 Å². The lowest BCUT2D eigenvalue weighted by Crippen LogP contribution is -2.48. The maximum Gasteiger partial charge on any atom is 0.350 e. The predicted molar refractivity (Wildman–Crippen MR) is 89.0 cm³/mol. The third-order valence-corrected chi connectivity index (χ3v) is 3.89. The molecule has 0 aromatic heterocycles. The Morgan fingerprint density at radius 3 is 2.74 bits per heavy atom. The summed E-state index contributed by atoms with van der Waals surface area (Å²) in [5, 5.41) is 0.878. The summed E-state index contributed by atoms with van der Waals surface area (Å²) in [7, 11) is 0. The molecule has 122 valence electrons.